The highest BCUT2D eigenvalue weighted by atomic mass is 16.6. The van der Waals surface area contributed by atoms with Crippen LogP contribution in [0.4, 0.5) is 0 Å². The van der Waals surface area contributed by atoms with Gasteiger partial charge in [-0.05, 0) is 25.1 Å². The zero-order chi connectivity index (χ0) is 13.8. The topological polar surface area (TPSA) is 64.6 Å². The van der Waals surface area contributed by atoms with E-state index < -0.39 is 6.04 Å². The van der Waals surface area contributed by atoms with Crippen LogP contribution in [0.2, 0.25) is 0 Å². The molecule has 2 rings (SSSR count). The second-order valence-corrected chi connectivity index (χ2v) is 4.37. The molecule has 5 heteroatoms. The van der Waals surface area contributed by atoms with E-state index in [0.29, 0.717) is 36.7 Å². The van der Waals surface area contributed by atoms with E-state index in [4.69, 9.17) is 9.47 Å². The molecule has 0 aliphatic carbocycles. The Morgan fingerprint density at radius 3 is 2.63 bits per heavy atom. The van der Waals surface area contributed by atoms with Gasteiger partial charge in [0.15, 0.2) is 17.3 Å². The minimum absolute atomic E-state index is 0.00546. The molecule has 1 aliphatic rings. The van der Waals surface area contributed by atoms with E-state index in [2.05, 4.69) is 5.32 Å². The fourth-order valence-electron chi connectivity index (χ4n) is 1.85. The lowest BCUT2D eigenvalue weighted by Gasteiger charge is -2.19. The molecule has 1 aromatic carbocycles. The monoisotopic (exact) mass is 263 g/mol. The minimum Gasteiger partial charge on any atom is -0.486 e. The van der Waals surface area contributed by atoms with Crippen LogP contribution in [-0.2, 0) is 4.79 Å². The van der Waals surface area contributed by atoms with Gasteiger partial charge in [0, 0.05) is 12.0 Å². The summed E-state index contributed by atoms with van der Waals surface area (Å²) in [4.78, 5) is 23.5. The number of fused-ring (bicyclic) bond motifs is 1. The molecule has 1 aromatic rings. The Morgan fingerprint density at radius 1 is 1.26 bits per heavy atom. The van der Waals surface area contributed by atoms with Gasteiger partial charge in [0.2, 0.25) is 0 Å². The summed E-state index contributed by atoms with van der Waals surface area (Å²) in [7, 11) is 0. The second-order valence-electron chi connectivity index (χ2n) is 4.37. The fraction of sp³-hybridized carbons (Fsp3) is 0.429. The van der Waals surface area contributed by atoms with E-state index in [1.54, 1.807) is 32.0 Å². The van der Waals surface area contributed by atoms with Gasteiger partial charge in [-0.1, -0.05) is 6.92 Å². The number of amides is 1. The zero-order valence-electron chi connectivity index (χ0n) is 11.1. The lowest BCUT2D eigenvalue weighted by atomic mass is 10.1. The van der Waals surface area contributed by atoms with Crippen molar-refractivity contribution in [1.29, 1.82) is 0 Å². The van der Waals surface area contributed by atoms with Crippen LogP contribution in [0.5, 0.6) is 11.5 Å². The molecule has 1 heterocycles. The first kappa shape index (κ1) is 13.4. The number of nitrogens with one attached hydrogen (secondary N) is 1. The van der Waals surface area contributed by atoms with Crippen molar-refractivity contribution in [1.82, 2.24) is 5.32 Å². The fourth-order valence-corrected chi connectivity index (χ4v) is 1.85. The first-order valence-corrected chi connectivity index (χ1v) is 6.35. The molecule has 0 saturated heterocycles. The van der Waals surface area contributed by atoms with E-state index in [0.717, 1.165) is 0 Å². The summed E-state index contributed by atoms with van der Waals surface area (Å²) in [6, 6.07) is 4.51. The summed E-state index contributed by atoms with van der Waals surface area (Å²) < 4.78 is 10.8. The predicted octanol–water partition coefficient (Wildman–Crippen LogP) is 1.56. The maximum Gasteiger partial charge on any atom is 0.251 e. The SMILES string of the molecule is CCC(=O)C(C)NC(=O)c1ccc2c(c1)OCCO2. The van der Waals surface area contributed by atoms with E-state index in [9.17, 15) is 9.59 Å². The van der Waals surface area contributed by atoms with Crippen molar-refractivity contribution in [3.63, 3.8) is 0 Å². The summed E-state index contributed by atoms with van der Waals surface area (Å²) in [5.41, 5.74) is 0.458. The average Bonchev–Trinajstić information content (AvgIpc) is 2.45. The van der Waals surface area contributed by atoms with Gasteiger partial charge < -0.3 is 14.8 Å². The predicted molar refractivity (Wildman–Crippen MR) is 69.7 cm³/mol. The molecule has 0 radical (unpaired) electrons. The number of ether oxygens (including phenoxy) is 2. The molecule has 1 unspecified atom stereocenters. The Morgan fingerprint density at radius 2 is 1.95 bits per heavy atom. The summed E-state index contributed by atoms with van der Waals surface area (Å²) >= 11 is 0. The van der Waals surface area contributed by atoms with E-state index >= 15 is 0 Å². The zero-order valence-corrected chi connectivity index (χ0v) is 11.1. The molecule has 0 fully saturated rings. The summed E-state index contributed by atoms with van der Waals surface area (Å²) in [6.07, 6.45) is 0.405. The molecule has 1 atom stereocenters. The Balaban J connectivity index is 2.09. The summed E-state index contributed by atoms with van der Waals surface area (Å²) in [5, 5.41) is 2.67. The molecule has 0 aromatic heterocycles. The van der Waals surface area contributed by atoms with Crippen molar-refractivity contribution >= 4 is 11.7 Å². The lowest BCUT2D eigenvalue weighted by Crippen LogP contribution is -2.38. The number of hydrogen-bond acceptors (Lipinski definition) is 4. The number of carbonyl (C=O) groups excluding carboxylic acids is 2. The Kier molecular flexibility index (Phi) is 4.04. The highest BCUT2D eigenvalue weighted by Crippen LogP contribution is 2.30. The standard InChI is InChI=1S/C14H17NO4/c1-3-11(16)9(2)15-14(17)10-4-5-12-13(8-10)19-7-6-18-12/h4-5,8-9H,3,6-7H2,1-2H3,(H,15,17). The highest BCUT2D eigenvalue weighted by molar-refractivity contribution is 5.98. The Bertz CT molecular complexity index is 498. The third-order valence-corrected chi connectivity index (χ3v) is 2.98. The molecular weight excluding hydrogens is 246 g/mol. The van der Waals surface area contributed by atoms with Gasteiger partial charge in [-0.15, -0.1) is 0 Å². The smallest absolute Gasteiger partial charge is 0.251 e. The first-order valence-electron chi connectivity index (χ1n) is 6.35. The van der Waals surface area contributed by atoms with Crippen LogP contribution in [0, 0.1) is 0 Å². The van der Waals surface area contributed by atoms with Crippen LogP contribution >= 0.6 is 0 Å². The van der Waals surface area contributed by atoms with Crippen LogP contribution in [0.15, 0.2) is 18.2 Å². The third-order valence-electron chi connectivity index (χ3n) is 2.98. The molecule has 0 spiro atoms. The van der Waals surface area contributed by atoms with Crippen LogP contribution in [0.3, 0.4) is 0 Å². The van der Waals surface area contributed by atoms with Gasteiger partial charge in [0.25, 0.3) is 5.91 Å². The number of ketones is 1. The molecule has 0 bridgehead atoms. The largest absolute Gasteiger partial charge is 0.486 e. The van der Waals surface area contributed by atoms with Crippen molar-refractivity contribution in [3.05, 3.63) is 23.8 Å². The summed E-state index contributed by atoms with van der Waals surface area (Å²) in [6.45, 7) is 4.44. The minimum atomic E-state index is -0.481. The molecule has 102 valence electrons. The molecule has 0 saturated carbocycles. The maximum atomic E-state index is 12.0. The maximum absolute atomic E-state index is 12.0. The first-order chi connectivity index (χ1) is 9.11. The van der Waals surface area contributed by atoms with Crippen molar-refractivity contribution in [2.24, 2.45) is 0 Å². The van der Waals surface area contributed by atoms with Crippen molar-refractivity contribution in [3.8, 4) is 11.5 Å². The second kappa shape index (κ2) is 5.73. The summed E-state index contributed by atoms with van der Waals surface area (Å²) in [5.74, 6) is 0.922. The van der Waals surface area contributed by atoms with Crippen LogP contribution < -0.4 is 14.8 Å². The van der Waals surface area contributed by atoms with Crippen LogP contribution in [0.25, 0.3) is 0 Å². The van der Waals surface area contributed by atoms with Gasteiger partial charge >= 0.3 is 0 Å². The Hall–Kier alpha value is -2.04. The molecule has 19 heavy (non-hydrogen) atoms. The van der Waals surface area contributed by atoms with Crippen LogP contribution in [-0.4, -0.2) is 30.9 Å². The van der Waals surface area contributed by atoms with Gasteiger partial charge in [-0.2, -0.15) is 0 Å². The molecule has 1 aliphatic heterocycles. The number of hydrogen-bond donors (Lipinski definition) is 1. The van der Waals surface area contributed by atoms with Crippen LogP contribution in [0.1, 0.15) is 30.6 Å². The lowest BCUT2D eigenvalue weighted by molar-refractivity contribution is -0.120. The number of rotatable bonds is 4. The van der Waals surface area contributed by atoms with Gasteiger partial charge in [-0.25, -0.2) is 0 Å². The van der Waals surface area contributed by atoms with E-state index in [1.807, 2.05) is 0 Å². The number of Topliss-reactive ketones (excluding diaryl/α,β-unsaturated/α-hetero) is 1. The third kappa shape index (κ3) is 3.05. The van der Waals surface area contributed by atoms with E-state index in [1.165, 1.54) is 0 Å². The van der Waals surface area contributed by atoms with Gasteiger partial charge in [0.05, 0.1) is 6.04 Å². The van der Waals surface area contributed by atoms with Crippen molar-refractivity contribution < 1.29 is 19.1 Å². The molecular formula is C14H17NO4. The highest BCUT2D eigenvalue weighted by Gasteiger charge is 2.18. The number of benzene rings is 1. The average molecular weight is 263 g/mol. The number of carbonyl (C=O) groups is 2. The van der Waals surface area contributed by atoms with E-state index in [-0.39, 0.29) is 11.7 Å². The van der Waals surface area contributed by atoms with Gasteiger partial charge in [0.1, 0.15) is 13.2 Å². The molecule has 1 amide bonds. The molecule has 5 nitrogen and oxygen atoms in total. The Labute approximate surface area is 111 Å². The normalized spacial score (nSPS) is 14.6. The molecule has 1 N–H and O–H groups in total. The quantitative estimate of drug-likeness (QED) is 0.895. The van der Waals surface area contributed by atoms with Gasteiger partial charge in [-0.3, -0.25) is 9.59 Å². The van der Waals surface area contributed by atoms with Crippen molar-refractivity contribution in [2.75, 3.05) is 13.2 Å². The van der Waals surface area contributed by atoms with Crippen molar-refractivity contribution in [2.45, 2.75) is 26.3 Å².